The van der Waals surface area contributed by atoms with E-state index in [9.17, 15) is 9.59 Å². The molecule has 0 atom stereocenters. The van der Waals surface area contributed by atoms with E-state index in [1.54, 1.807) is 18.2 Å². The molecule has 1 saturated heterocycles. The fraction of sp³-hybridized carbons (Fsp3) is 0.391. The van der Waals surface area contributed by atoms with Gasteiger partial charge in [-0.1, -0.05) is 47.5 Å². The first-order valence-electron chi connectivity index (χ1n) is 10.5. The highest BCUT2D eigenvalue weighted by molar-refractivity contribution is 6.42. The second kappa shape index (κ2) is 11.8. The summed E-state index contributed by atoms with van der Waals surface area (Å²) in [6.45, 7) is 3.74. The Bertz CT molecular complexity index is 872. The number of rotatable bonds is 9. The molecule has 0 bridgehead atoms. The van der Waals surface area contributed by atoms with E-state index in [2.05, 4.69) is 22.3 Å². The van der Waals surface area contributed by atoms with Crippen LogP contribution < -0.4 is 15.0 Å². The first-order chi connectivity index (χ1) is 15.0. The van der Waals surface area contributed by atoms with Crippen LogP contribution in [0.25, 0.3) is 0 Å². The van der Waals surface area contributed by atoms with Crippen LogP contribution in [0.15, 0.2) is 48.5 Å². The largest absolute Gasteiger partial charge is 0.492 e. The topological polar surface area (TPSA) is 61.9 Å². The average molecular weight is 464 g/mol. The van der Waals surface area contributed by atoms with Crippen molar-refractivity contribution >= 4 is 40.7 Å². The van der Waals surface area contributed by atoms with Gasteiger partial charge >= 0.3 is 0 Å². The van der Waals surface area contributed by atoms with Gasteiger partial charge in [-0.25, -0.2) is 0 Å². The first kappa shape index (κ1) is 23.2. The van der Waals surface area contributed by atoms with Gasteiger partial charge in [0.2, 0.25) is 11.8 Å². The molecule has 1 N–H and O–H groups in total. The Labute approximate surface area is 193 Å². The normalized spacial score (nSPS) is 13.7. The van der Waals surface area contributed by atoms with Crippen molar-refractivity contribution in [2.45, 2.75) is 19.3 Å². The molecule has 8 heteroatoms. The molecule has 6 nitrogen and oxygen atoms in total. The molecule has 31 heavy (non-hydrogen) atoms. The van der Waals surface area contributed by atoms with Crippen molar-refractivity contribution in [1.29, 1.82) is 0 Å². The second-order valence-electron chi connectivity index (χ2n) is 7.31. The Morgan fingerprint density at radius 3 is 2.42 bits per heavy atom. The van der Waals surface area contributed by atoms with Crippen LogP contribution >= 0.6 is 23.2 Å². The number of amides is 2. The number of nitrogens with zero attached hydrogens (tertiary/aromatic N) is 2. The summed E-state index contributed by atoms with van der Waals surface area (Å²) in [4.78, 5) is 28.6. The maximum Gasteiger partial charge on any atom is 0.224 e. The molecule has 3 rings (SSSR count). The van der Waals surface area contributed by atoms with Crippen molar-refractivity contribution in [3.05, 3.63) is 58.6 Å². The van der Waals surface area contributed by atoms with Crippen LogP contribution in [0.1, 0.15) is 19.3 Å². The number of hydrogen-bond acceptors (Lipinski definition) is 4. The van der Waals surface area contributed by atoms with Crippen molar-refractivity contribution in [3.63, 3.8) is 0 Å². The van der Waals surface area contributed by atoms with Crippen LogP contribution in [0.2, 0.25) is 10.0 Å². The number of carbonyl (C=O) groups is 2. The summed E-state index contributed by atoms with van der Waals surface area (Å²) >= 11 is 12.0. The fourth-order valence-electron chi connectivity index (χ4n) is 3.42. The molecule has 1 fully saturated rings. The van der Waals surface area contributed by atoms with Crippen LogP contribution in [0.4, 0.5) is 5.69 Å². The molecule has 166 valence electrons. The SMILES string of the molecule is O=C(CCCOc1cccc(Cl)c1Cl)NCCC(=O)N1CCN(c2ccccc2)CC1. The highest BCUT2D eigenvalue weighted by Crippen LogP contribution is 2.31. The lowest BCUT2D eigenvalue weighted by atomic mass is 10.2. The molecular weight excluding hydrogens is 437 g/mol. The number of anilines is 1. The van der Waals surface area contributed by atoms with Gasteiger partial charge < -0.3 is 19.9 Å². The summed E-state index contributed by atoms with van der Waals surface area (Å²) in [5, 5.41) is 3.61. The van der Waals surface area contributed by atoms with E-state index in [0.29, 0.717) is 61.3 Å². The van der Waals surface area contributed by atoms with Crippen LogP contribution in [-0.2, 0) is 9.59 Å². The monoisotopic (exact) mass is 463 g/mol. The number of para-hydroxylation sites is 1. The highest BCUT2D eigenvalue weighted by Gasteiger charge is 2.21. The van der Waals surface area contributed by atoms with Gasteiger partial charge in [0, 0.05) is 51.3 Å². The Balaban J connectivity index is 1.27. The Morgan fingerprint density at radius 2 is 1.68 bits per heavy atom. The molecule has 0 radical (unpaired) electrons. The zero-order valence-electron chi connectivity index (χ0n) is 17.4. The first-order valence-corrected chi connectivity index (χ1v) is 11.2. The Kier molecular flexibility index (Phi) is 8.85. The predicted octanol–water partition coefficient (Wildman–Crippen LogP) is 4.01. The molecule has 1 aliphatic heterocycles. The van der Waals surface area contributed by atoms with Crippen molar-refractivity contribution < 1.29 is 14.3 Å². The lowest BCUT2D eigenvalue weighted by molar-refractivity contribution is -0.131. The number of piperazine rings is 1. The smallest absolute Gasteiger partial charge is 0.224 e. The van der Waals surface area contributed by atoms with E-state index in [4.69, 9.17) is 27.9 Å². The lowest BCUT2D eigenvalue weighted by Crippen LogP contribution is -2.49. The van der Waals surface area contributed by atoms with Gasteiger partial charge in [-0.2, -0.15) is 0 Å². The number of nitrogens with one attached hydrogen (secondary N) is 1. The van der Waals surface area contributed by atoms with E-state index >= 15 is 0 Å². The van der Waals surface area contributed by atoms with E-state index in [1.807, 2.05) is 23.1 Å². The maximum absolute atomic E-state index is 12.4. The second-order valence-corrected chi connectivity index (χ2v) is 8.09. The fourth-order valence-corrected chi connectivity index (χ4v) is 3.76. The summed E-state index contributed by atoms with van der Waals surface area (Å²) < 4.78 is 5.57. The number of ether oxygens (including phenoxy) is 1. The highest BCUT2D eigenvalue weighted by atomic mass is 35.5. The molecule has 0 saturated carbocycles. The summed E-state index contributed by atoms with van der Waals surface area (Å²) in [7, 11) is 0. The molecule has 0 aromatic heterocycles. The van der Waals surface area contributed by atoms with Gasteiger partial charge in [0.05, 0.1) is 11.6 Å². The molecule has 0 aliphatic carbocycles. The van der Waals surface area contributed by atoms with Crippen molar-refractivity contribution in [3.8, 4) is 5.75 Å². The van der Waals surface area contributed by atoms with Crippen LogP contribution in [0.5, 0.6) is 5.75 Å². The third kappa shape index (κ3) is 7.04. The van der Waals surface area contributed by atoms with Crippen molar-refractivity contribution in [1.82, 2.24) is 10.2 Å². The number of benzene rings is 2. The number of hydrogen-bond donors (Lipinski definition) is 1. The quantitative estimate of drug-likeness (QED) is 0.570. The summed E-state index contributed by atoms with van der Waals surface area (Å²) in [6.07, 6.45) is 1.18. The summed E-state index contributed by atoms with van der Waals surface area (Å²) in [5.74, 6) is 0.488. The predicted molar refractivity (Wildman–Crippen MR) is 124 cm³/mol. The molecule has 2 aromatic carbocycles. The lowest BCUT2D eigenvalue weighted by Gasteiger charge is -2.36. The Hall–Kier alpha value is -2.44. The summed E-state index contributed by atoms with van der Waals surface area (Å²) in [6, 6.07) is 15.4. The molecule has 2 amide bonds. The molecule has 0 unspecified atom stereocenters. The zero-order chi connectivity index (χ0) is 22.1. The van der Waals surface area contributed by atoms with E-state index in [1.165, 1.54) is 5.69 Å². The zero-order valence-corrected chi connectivity index (χ0v) is 18.9. The average Bonchev–Trinajstić information content (AvgIpc) is 2.80. The van der Waals surface area contributed by atoms with Crippen molar-refractivity contribution in [2.75, 3.05) is 44.2 Å². The van der Waals surface area contributed by atoms with Crippen LogP contribution in [0, 0.1) is 0 Å². The third-order valence-corrected chi connectivity index (χ3v) is 5.94. The maximum atomic E-state index is 12.4. The molecule has 1 heterocycles. The van der Waals surface area contributed by atoms with E-state index in [-0.39, 0.29) is 11.8 Å². The van der Waals surface area contributed by atoms with E-state index < -0.39 is 0 Å². The van der Waals surface area contributed by atoms with Gasteiger partial charge in [-0.3, -0.25) is 9.59 Å². The van der Waals surface area contributed by atoms with Gasteiger partial charge in [0.25, 0.3) is 0 Å². The van der Waals surface area contributed by atoms with Gasteiger partial charge in [0.15, 0.2) is 0 Å². The van der Waals surface area contributed by atoms with Crippen LogP contribution in [0.3, 0.4) is 0 Å². The van der Waals surface area contributed by atoms with Crippen molar-refractivity contribution in [2.24, 2.45) is 0 Å². The summed E-state index contributed by atoms with van der Waals surface area (Å²) in [5.41, 5.74) is 1.18. The molecule has 0 spiro atoms. The third-order valence-electron chi connectivity index (χ3n) is 5.14. The number of carbonyl (C=O) groups excluding carboxylic acids is 2. The minimum Gasteiger partial charge on any atom is -0.492 e. The Morgan fingerprint density at radius 1 is 0.935 bits per heavy atom. The van der Waals surface area contributed by atoms with E-state index in [0.717, 1.165) is 13.1 Å². The van der Waals surface area contributed by atoms with Crippen LogP contribution in [-0.4, -0.2) is 56.0 Å². The molecular formula is C23H27Cl2N3O3. The molecule has 1 aliphatic rings. The van der Waals surface area contributed by atoms with Gasteiger partial charge in [-0.15, -0.1) is 0 Å². The minimum absolute atomic E-state index is 0.0759. The number of halogens is 2. The van der Waals surface area contributed by atoms with Gasteiger partial charge in [-0.05, 0) is 30.7 Å². The minimum atomic E-state index is -0.0949. The standard InChI is InChI=1S/C23H27Cl2N3O3/c24-19-8-4-9-20(23(19)25)31-17-5-10-21(29)26-12-11-22(30)28-15-13-27(14-16-28)18-6-2-1-3-7-18/h1-4,6-9H,5,10-17H2,(H,26,29). The van der Waals surface area contributed by atoms with Gasteiger partial charge in [0.1, 0.15) is 10.8 Å². The molecule has 2 aromatic rings.